The molecule has 0 spiro atoms. The predicted molar refractivity (Wildman–Crippen MR) is 185 cm³/mol. The number of likely N-dealkylation sites (tertiary alicyclic amines) is 1. The molecule has 1 amide bonds. The van der Waals surface area contributed by atoms with E-state index in [1.165, 1.54) is 47.6 Å². The van der Waals surface area contributed by atoms with Gasteiger partial charge in [-0.25, -0.2) is 32.1 Å². The van der Waals surface area contributed by atoms with E-state index in [0.29, 0.717) is 42.4 Å². The number of fused-ring (bicyclic) bond motifs is 1. The number of hydrogen-bond donors (Lipinski definition) is 2. The van der Waals surface area contributed by atoms with Crippen molar-refractivity contribution in [3.8, 4) is 22.5 Å². The SMILES string of the molecule is Cc1nocc1-c1ccc2c(-c3nc(N[C@H]4CC[C@@](C)(Cc5ccccc5)N(C(=O)O)C4)ncc3C(F)(F)F)cn(S(=O)(=O)c3ccccc3)c2n1. The number of nitrogens with zero attached hydrogens (tertiary/aromatic N) is 6. The number of benzene rings is 2. The third-order valence-corrected chi connectivity index (χ3v) is 11.0. The van der Waals surface area contributed by atoms with Crippen LogP contribution in [0.25, 0.3) is 33.5 Å². The Morgan fingerprint density at radius 1 is 1.04 bits per heavy atom. The molecule has 268 valence electrons. The van der Waals surface area contributed by atoms with Crippen molar-refractivity contribution in [3.05, 3.63) is 108 Å². The first kappa shape index (κ1) is 34.7. The molecule has 0 saturated carbocycles. The van der Waals surface area contributed by atoms with Gasteiger partial charge in [0.25, 0.3) is 10.0 Å². The number of amides is 1. The van der Waals surface area contributed by atoms with Crippen molar-refractivity contribution in [1.29, 1.82) is 0 Å². The molecule has 0 radical (unpaired) electrons. The second kappa shape index (κ2) is 13.1. The van der Waals surface area contributed by atoms with Crippen molar-refractivity contribution in [3.63, 3.8) is 0 Å². The summed E-state index contributed by atoms with van der Waals surface area (Å²) in [5, 5.41) is 17.2. The number of pyridine rings is 1. The molecule has 1 fully saturated rings. The summed E-state index contributed by atoms with van der Waals surface area (Å²) in [6.45, 7) is 3.58. The number of alkyl halides is 3. The van der Waals surface area contributed by atoms with Crippen LogP contribution in [0, 0.1) is 6.92 Å². The zero-order valence-electron chi connectivity index (χ0n) is 27.9. The van der Waals surface area contributed by atoms with Gasteiger partial charge in [-0.2, -0.15) is 13.2 Å². The van der Waals surface area contributed by atoms with Gasteiger partial charge in [-0.1, -0.05) is 53.7 Å². The normalized spacial score (nSPS) is 18.1. The van der Waals surface area contributed by atoms with Gasteiger partial charge in [-0.3, -0.25) is 0 Å². The summed E-state index contributed by atoms with van der Waals surface area (Å²) in [5.41, 5.74) is -0.564. The average Bonchev–Trinajstić information content (AvgIpc) is 3.73. The Hall–Kier alpha value is -5.77. The minimum absolute atomic E-state index is 0.0298. The van der Waals surface area contributed by atoms with Crippen LogP contribution < -0.4 is 5.32 Å². The van der Waals surface area contributed by atoms with E-state index >= 15 is 0 Å². The Labute approximate surface area is 296 Å². The molecule has 1 saturated heterocycles. The molecule has 6 aromatic rings. The van der Waals surface area contributed by atoms with Gasteiger partial charge in [-0.05, 0) is 62.9 Å². The Morgan fingerprint density at radius 2 is 1.75 bits per heavy atom. The summed E-state index contributed by atoms with van der Waals surface area (Å²) in [6, 6.07) is 19.5. The van der Waals surface area contributed by atoms with Crippen molar-refractivity contribution in [1.82, 2.24) is 29.0 Å². The van der Waals surface area contributed by atoms with Crippen molar-refractivity contribution in [2.45, 2.75) is 55.8 Å². The lowest BCUT2D eigenvalue weighted by molar-refractivity contribution is -0.137. The number of carbonyl (C=O) groups is 1. The Kier molecular flexibility index (Phi) is 8.72. The number of anilines is 1. The highest BCUT2D eigenvalue weighted by Crippen LogP contribution is 2.41. The molecule has 7 rings (SSSR count). The molecule has 0 aliphatic carbocycles. The van der Waals surface area contributed by atoms with Crippen LogP contribution in [-0.2, 0) is 22.6 Å². The summed E-state index contributed by atoms with van der Waals surface area (Å²) in [4.78, 5) is 26.6. The van der Waals surface area contributed by atoms with Crippen LogP contribution in [0.5, 0.6) is 0 Å². The highest BCUT2D eigenvalue weighted by atomic mass is 32.2. The standard InChI is InChI=1S/C36H32F3N7O5S/c1-22-28(21-51-44-22)30-14-13-26-27(20-46(32(26)42-30)52(49,50)25-11-7-4-8-12-25)31-29(36(37,38)39)18-40-33(43-31)41-24-15-16-35(2,45(19-24)34(47)48)17-23-9-5-3-6-10-23/h3-14,18,20-21,24H,15-17,19H2,1-2H3,(H,47,48)(H,40,41,43)/t24-,35-/m0/s1. The summed E-state index contributed by atoms with van der Waals surface area (Å²) in [5.74, 6) is -0.179. The molecule has 1 aliphatic rings. The first-order chi connectivity index (χ1) is 24.7. The second-order valence-electron chi connectivity index (χ2n) is 12.9. The molecular formula is C36H32F3N7O5S. The number of hydrogen-bond acceptors (Lipinski definition) is 9. The highest BCUT2D eigenvalue weighted by Gasteiger charge is 2.42. The van der Waals surface area contributed by atoms with Gasteiger partial charge in [0.2, 0.25) is 5.95 Å². The topological polar surface area (TPSA) is 156 Å². The van der Waals surface area contributed by atoms with E-state index in [9.17, 15) is 31.5 Å². The fraction of sp³-hybridized carbons (Fsp3) is 0.250. The minimum atomic E-state index is -4.92. The summed E-state index contributed by atoms with van der Waals surface area (Å²) in [6.07, 6.45) is -1.56. The molecule has 12 nitrogen and oxygen atoms in total. The molecule has 16 heteroatoms. The summed E-state index contributed by atoms with van der Waals surface area (Å²) in [7, 11) is -4.36. The molecule has 5 heterocycles. The molecule has 1 aliphatic heterocycles. The summed E-state index contributed by atoms with van der Waals surface area (Å²) < 4.78 is 77.7. The van der Waals surface area contributed by atoms with Crippen molar-refractivity contribution >= 4 is 33.1 Å². The summed E-state index contributed by atoms with van der Waals surface area (Å²) >= 11 is 0. The van der Waals surface area contributed by atoms with Crippen LogP contribution in [-0.4, -0.2) is 66.7 Å². The third-order valence-electron chi connectivity index (χ3n) is 9.37. The second-order valence-corrected chi connectivity index (χ2v) is 14.7. The quantitative estimate of drug-likeness (QED) is 0.163. The lowest BCUT2D eigenvalue weighted by atomic mass is 9.81. The first-order valence-electron chi connectivity index (χ1n) is 16.2. The lowest BCUT2D eigenvalue weighted by Crippen LogP contribution is -2.58. The average molecular weight is 732 g/mol. The number of aryl methyl sites for hydroxylation is 1. The molecule has 2 aromatic carbocycles. The predicted octanol–water partition coefficient (Wildman–Crippen LogP) is 7.27. The maximum Gasteiger partial charge on any atom is 0.419 e. The lowest BCUT2D eigenvalue weighted by Gasteiger charge is -2.46. The third kappa shape index (κ3) is 6.45. The van der Waals surface area contributed by atoms with E-state index < -0.39 is 45.1 Å². The number of nitrogens with one attached hydrogen (secondary N) is 1. The molecule has 52 heavy (non-hydrogen) atoms. The largest absolute Gasteiger partial charge is 0.465 e. The van der Waals surface area contributed by atoms with E-state index in [1.807, 2.05) is 37.3 Å². The van der Waals surface area contributed by atoms with Crippen LogP contribution in [0.4, 0.5) is 23.9 Å². The number of piperidine rings is 1. The highest BCUT2D eigenvalue weighted by molar-refractivity contribution is 7.90. The van der Waals surface area contributed by atoms with Crippen molar-refractivity contribution in [2.24, 2.45) is 0 Å². The number of carboxylic acid groups (broad SMARTS) is 1. The molecule has 0 bridgehead atoms. The van der Waals surface area contributed by atoms with Gasteiger partial charge in [0.05, 0.1) is 27.5 Å². The minimum Gasteiger partial charge on any atom is -0.465 e. The van der Waals surface area contributed by atoms with Gasteiger partial charge in [0.1, 0.15) is 11.8 Å². The Balaban J connectivity index is 1.30. The smallest absolute Gasteiger partial charge is 0.419 e. The van der Waals surface area contributed by atoms with Gasteiger partial charge < -0.3 is 19.8 Å². The van der Waals surface area contributed by atoms with E-state index in [2.05, 4.69) is 25.4 Å². The van der Waals surface area contributed by atoms with Crippen LogP contribution >= 0.6 is 0 Å². The van der Waals surface area contributed by atoms with Gasteiger partial charge in [0, 0.05) is 41.5 Å². The fourth-order valence-corrected chi connectivity index (χ4v) is 8.03. The monoisotopic (exact) mass is 731 g/mol. The van der Waals surface area contributed by atoms with Crippen molar-refractivity contribution < 1.29 is 36.0 Å². The first-order valence-corrected chi connectivity index (χ1v) is 17.7. The fourth-order valence-electron chi connectivity index (χ4n) is 6.69. The van der Waals surface area contributed by atoms with Crippen LogP contribution in [0.3, 0.4) is 0 Å². The zero-order chi connectivity index (χ0) is 36.8. The maximum atomic E-state index is 14.6. The van der Waals surface area contributed by atoms with E-state index in [-0.39, 0.29) is 34.0 Å². The van der Waals surface area contributed by atoms with Gasteiger partial charge in [0.15, 0.2) is 5.65 Å². The van der Waals surface area contributed by atoms with E-state index in [1.54, 1.807) is 13.0 Å². The van der Waals surface area contributed by atoms with Gasteiger partial charge in [-0.15, -0.1) is 0 Å². The van der Waals surface area contributed by atoms with Crippen LogP contribution in [0.15, 0.2) is 101 Å². The Bertz CT molecular complexity index is 2380. The number of halogens is 3. The maximum absolute atomic E-state index is 14.6. The van der Waals surface area contributed by atoms with E-state index in [4.69, 9.17) is 4.52 Å². The van der Waals surface area contributed by atoms with Crippen molar-refractivity contribution in [2.75, 3.05) is 11.9 Å². The molecular weight excluding hydrogens is 700 g/mol. The van der Waals surface area contributed by atoms with Crippen LogP contribution in [0.1, 0.15) is 36.6 Å². The van der Waals surface area contributed by atoms with Gasteiger partial charge >= 0.3 is 12.3 Å². The van der Waals surface area contributed by atoms with E-state index in [0.717, 1.165) is 15.7 Å². The number of aromatic nitrogens is 5. The zero-order valence-corrected chi connectivity index (χ0v) is 28.7. The Morgan fingerprint density at radius 3 is 2.40 bits per heavy atom. The molecule has 2 atom stereocenters. The molecule has 2 N–H and O–H groups in total. The molecule has 4 aromatic heterocycles. The molecule has 0 unspecified atom stereocenters. The van der Waals surface area contributed by atoms with Crippen LogP contribution in [0.2, 0.25) is 0 Å². The number of rotatable bonds is 8.